The molecule has 3 fully saturated rings. The second-order valence-corrected chi connectivity index (χ2v) is 9.82. The van der Waals surface area contributed by atoms with Gasteiger partial charge in [0.2, 0.25) is 0 Å². The van der Waals surface area contributed by atoms with Crippen LogP contribution in [0.15, 0.2) is 48.7 Å². The quantitative estimate of drug-likeness (QED) is 0.366. The van der Waals surface area contributed by atoms with E-state index in [1.165, 1.54) is 6.07 Å². The number of alkyl halides is 4. The summed E-state index contributed by atoms with van der Waals surface area (Å²) in [5.41, 5.74) is 1.01. The standard InChI is InChI=1S/C27H27F4NO2/c1-15-25-21(20-6-3-7-24(28)22(20)13-23(25)26(33)34-15)11-10-19-9-8-17(14-32-19)16-4-2-5-18(12-16)27(29,30)31/h2,4-5,8-12,14-15,20-25H,3,6-7,13H2,1H3/b11-10+/t15-,20?,21+,22?,23?,24?,25?/m1/s1. The second-order valence-electron chi connectivity index (χ2n) is 9.82. The number of fused-ring (bicyclic) bond motifs is 2. The Kier molecular flexibility index (Phi) is 5.98. The summed E-state index contributed by atoms with van der Waals surface area (Å²) in [7, 11) is 0. The molecule has 180 valence electrons. The molecule has 7 atom stereocenters. The van der Waals surface area contributed by atoms with E-state index in [-0.39, 0.29) is 41.7 Å². The Hall–Kier alpha value is -2.70. The van der Waals surface area contributed by atoms with Gasteiger partial charge in [0.05, 0.1) is 17.2 Å². The van der Waals surface area contributed by atoms with Crippen LogP contribution in [0.25, 0.3) is 17.2 Å². The van der Waals surface area contributed by atoms with Gasteiger partial charge in [-0.05, 0) is 73.8 Å². The minimum absolute atomic E-state index is 0.0219. The molecule has 2 aromatic rings. The van der Waals surface area contributed by atoms with Gasteiger partial charge in [-0.1, -0.05) is 30.7 Å². The molecular formula is C27H27F4NO2. The van der Waals surface area contributed by atoms with Crippen molar-refractivity contribution in [2.45, 2.75) is 51.1 Å². The lowest BCUT2D eigenvalue weighted by atomic mass is 9.57. The third kappa shape index (κ3) is 4.25. The van der Waals surface area contributed by atoms with E-state index in [9.17, 15) is 22.4 Å². The van der Waals surface area contributed by atoms with Gasteiger partial charge in [0.1, 0.15) is 12.3 Å². The maximum absolute atomic E-state index is 14.8. The van der Waals surface area contributed by atoms with Crippen LogP contribution in [0.1, 0.15) is 43.9 Å². The van der Waals surface area contributed by atoms with Crippen molar-refractivity contribution in [2.75, 3.05) is 0 Å². The SMILES string of the molecule is C[C@H]1OC(=O)C2CC3C(F)CCCC3[C@H](/C=C/c3ccc(-c4cccc(C(F)(F)F)c4)cn3)C21. The van der Waals surface area contributed by atoms with E-state index in [1.807, 2.05) is 13.0 Å². The van der Waals surface area contributed by atoms with Crippen LogP contribution in [0.2, 0.25) is 0 Å². The number of carbonyl (C=O) groups excluding carboxylic acids is 1. The molecule has 2 heterocycles. The van der Waals surface area contributed by atoms with Gasteiger partial charge < -0.3 is 4.74 Å². The summed E-state index contributed by atoms with van der Waals surface area (Å²) in [5, 5.41) is 0. The first kappa shape index (κ1) is 23.1. The number of esters is 1. The Bertz CT molecular complexity index is 1080. The topological polar surface area (TPSA) is 39.2 Å². The Balaban J connectivity index is 1.39. The molecule has 2 saturated carbocycles. The molecule has 0 bridgehead atoms. The Morgan fingerprint density at radius 2 is 1.91 bits per heavy atom. The van der Waals surface area contributed by atoms with E-state index < -0.39 is 17.9 Å². The Labute approximate surface area is 196 Å². The van der Waals surface area contributed by atoms with Crippen LogP contribution in [0.5, 0.6) is 0 Å². The number of nitrogens with zero attached hydrogens (tertiary/aromatic N) is 1. The molecule has 7 heteroatoms. The summed E-state index contributed by atoms with van der Waals surface area (Å²) in [5.74, 6) is -0.385. The molecule has 5 unspecified atom stereocenters. The van der Waals surface area contributed by atoms with Gasteiger partial charge in [-0.3, -0.25) is 9.78 Å². The molecule has 34 heavy (non-hydrogen) atoms. The van der Waals surface area contributed by atoms with E-state index in [4.69, 9.17) is 4.74 Å². The highest BCUT2D eigenvalue weighted by atomic mass is 19.4. The van der Waals surface area contributed by atoms with Gasteiger partial charge in [-0.15, -0.1) is 0 Å². The Morgan fingerprint density at radius 1 is 1.09 bits per heavy atom. The average Bonchev–Trinajstić information content (AvgIpc) is 3.10. The summed E-state index contributed by atoms with van der Waals surface area (Å²) in [6.45, 7) is 1.92. The van der Waals surface area contributed by atoms with Crippen molar-refractivity contribution in [3.8, 4) is 11.1 Å². The maximum atomic E-state index is 14.8. The molecule has 1 aromatic carbocycles. The van der Waals surface area contributed by atoms with Crippen LogP contribution >= 0.6 is 0 Å². The number of hydrogen-bond donors (Lipinski definition) is 0. The highest BCUT2D eigenvalue weighted by molar-refractivity contribution is 5.75. The number of halogens is 4. The smallest absolute Gasteiger partial charge is 0.416 e. The highest BCUT2D eigenvalue weighted by Gasteiger charge is 2.55. The fourth-order valence-electron chi connectivity index (χ4n) is 6.32. The van der Waals surface area contributed by atoms with Crippen LogP contribution in [-0.4, -0.2) is 23.2 Å². The fourth-order valence-corrected chi connectivity index (χ4v) is 6.32. The number of cyclic esters (lactones) is 1. The van der Waals surface area contributed by atoms with Crippen molar-refractivity contribution >= 4 is 12.0 Å². The molecule has 0 spiro atoms. The van der Waals surface area contributed by atoms with Crippen molar-refractivity contribution in [1.82, 2.24) is 4.98 Å². The van der Waals surface area contributed by atoms with E-state index in [1.54, 1.807) is 24.4 Å². The third-order valence-corrected chi connectivity index (χ3v) is 7.91. The summed E-state index contributed by atoms with van der Waals surface area (Å²) >= 11 is 0. The predicted molar refractivity (Wildman–Crippen MR) is 120 cm³/mol. The van der Waals surface area contributed by atoms with Gasteiger partial charge in [0.25, 0.3) is 0 Å². The molecular weight excluding hydrogens is 446 g/mol. The zero-order valence-electron chi connectivity index (χ0n) is 18.8. The second kappa shape index (κ2) is 8.82. The van der Waals surface area contributed by atoms with Crippen molar-refractivity contribution in [3.63, 3.8) is 0 Å². The first-order valence-electron chi connectivity index (χ1n) is 11.9. The lowest BCUT2D eigenvalue weighted by Crippen LogP contribution is -2.46. The van der Waals surface area contributed by atoms with Crippen molar-refractivity contribution in [2.24, 2.45) is 29.6 Å². The Morgan fingerprint density at radius 3 is 2.65 bits per heavy atom. The first-order valence-corrected chi connectivity index (χ1v) is 11.9. The number of pyridine rings is 1. The largest absolute Gasteiger partial charge is 0.462 e. The first-order chi connectivity index (χ1) is 16.2. The van der Waals surface area contributed by atoms with Crippen LogP contribution in [0.3, 0.4) is 0 Å². The van der Waals surface area contributed by atoms with Crippen LogP contribution < -0.4 is 0 Å². The number of allylic oxidation sites excluding steroid dienone is 1. The van der Waals surface area contributed by atoms with Gasteiger partial charge in [0, 0.05) is 17.7 Å². The summed E-state index contributed by atoms with van der Waals surface area (Å²) < 4.78 is 59.4. The molecule has 0 N–H and O–H groups in total. The average molecular weight is 474 g/mol. The summed E-state index contributed by atoms with van der Waals surface area (Å²) in [6, 6.07) is 8.68. The van der Waals surface area contributed by atoms with Crippen molar-refractivity contribution in [3.05, 3.63) is 59.9 Å². The monoisotopic (exact) mass is 473 g/mol. The number of hydrogen-bond acceptors (Lipinski definition) is 3. The predicted octanol–water partition coefficient (Wildman–Crippen LogP) is 6.73. The van der Waals surface area contributed by atoms with E-state index >= 15 is 0 Å². The molecule has 1 saturated heterocycles. The molecule has 0 radical (unpaired) electrons. The molecule has 5 rings (SSSR count). The molecule has 1 aromatic heterocycles. The molecule has 1 aliphatic heterocycles. The maximum Gasteiger partial charge on any atom is 0.416 e. The lowest BCUT2D eigenvalue weighted by Gasteiger charge is -2.47. The number of rotatable bonds is 3. The van der Waals surface area contributed by atoms with E-state index in [2.05, 4.69) is 11.1 Å². The zero-order chi connectivity index (χ0) is 24.0. The number of benzene rings is 1. The van der Waals surface area contributed by atoms with Crippen molar-refractivity contribution < 1.29 is 27.1 Å². The minimum Gasteiger partial charge on any atom is -0.462 e. The molecule has 3 nitrogen and oxygen atoms in total. The third-order valence-electron chi connectivity index (χ3n) is 7.91. The molecule has 2 aliphatic carbocycles. The van der Waals surface area contributed by atoms with Crippen LogP contribution in [0, 0.1) is 29.6 Å². The lowest BCUT2D eigenvalue weighted by molar-refractivity contribution is -0.144. The van der Waals surface area contributed by atoms with Gasteiger partial charge >= 0.3 is 12.1 Å². The zero-order valence-corrected chi connectivity index (χ0v) is 18.8. The summed E-state index contributed by atoms with van der Waals surface area (Å²) in [6.07, 6.45) is 2.91. The highest BCUT2D eigenvalue weighted by Crippen LogP contribution is 2.54. The van der Waals surface area contributed by atoms with Crippen LogP contribution in [-0.2, 0) is 15.7 Å². The fraction of sp³-hybridized carbons (Fsp3) is 0.481. The normalized spacial score (nSPS) is 33.4. The van der Waals surface area contributed by atoms with Crippen molar-refractivity contribution in [1.29, 1.82) is 0 Å². The van der Waals surface area contributed by atoms with E-state index in [0.717, 1.165) is 25.0 Å². The number of carbonyl (C=O) groups is 1. The molecule has 3 aliphatic rings. The number of aromatic nitrogens is 1. The summed E-state index contributed by atoms with van der Waals surface area (Å²) in [4.78, 5) is 16.9. The van der Waals surface area contributed by atoms with E-state index in [0.29, 0.717) is 29.7 Å². The minimum atomic E-state index is -4.40. The van der Waals surface area contributed by atoms with Gasteiger partial charge in [-0.25, -0.2) is 4.39 Å². The van der Waals surface area contributed by atoms with Gasteiger partial charge in [0.15, 0.2) is 0 Å². The molecule has 0 amide bonds. The van der Waals surface area contributed by atoms with Gasteiger partial charge in [-0.2, -0.15) is 13.2 Å². The number of ether oxygens (including phenoxy) is 1. The van der Waals surface area contributed by atoms with Crippen LogP contribution in [0.4, 0.5) is 17.6 Å².